The number of carbonyl (C=O) groups excluding carboxylic acids is 2. The number of piperidine rings is 1. The normalized spacial score (nSPS) is 34.1. The molecule has 0 spiro atoms. The summed E-state index contributed by atoms with van der Waals surface area (Å²) in [6.07, 6.45) is 0.00842. The van der Waals surface area contributed by atoms with E-state index in [4.69, 9.17) is 11.6 Å². The highest BCUT2D eigenvalue weighted by molar-refractivity contribution is 6.24. The maximum atomic E-state index is 12.9. The van der Waals surface area contributed by atoms with E-state index in [0.717, 1.165) is 37.0 Å². The lowest BCUT2D eigenvalue weighted by molar-refractivity contribution is -0.186. The average molecular weight is 470 g/mol. The highest BCUT2D eigenvalue weighted by Crippen LogP contribution is 2.61. The van der Waals surface area contributed by atoms with E-state index in [1.165, 1.54) is 11.1 Å². The highest BCUT2D eigenvalue weighted by atomic mass is 35.5. The Morgan fingerprint density at radius 2 is 1.56 bits per heavy atom. The van der Waals surface area contributed by atoms with Gasteiger partial charge in [-0.1, -0.05) is 24.3 Å². The van der Waals surface area contributed by atoms with Crippen molar-refractivity contribution in [2.24, 2.45) is 0 Å². The van der Waals surface area contributed by atoms with Gasteiger partial charge in [0.1, 0.15) is 0 Å². The van der Waals surface area contributed by atoms with Crippen LogP contribution in [0.5, 0.6) is 0 Å². The van der Waals surface area contributed by atoms with Crippen molar-refractivity contribution in [1.82, 2.24) is 15.5 Å². The molecule has 1 saturated heterocycles. The molecule has 9 heteroatoms. The highest BCUT2D eigenvalue weighted by Gasteiger charge is 2.57. The molecule has 2 unspecified atom stereocenters. The van der Waals surface area contributed by atoms with Crippen LogP contribution >= 0.6 is 11.6 Å². The van der Waals surface area contributed by atoms with Crippen LogP contribution in [0.15, 0.2) is 24.3 Å². The van der Waals surface area contributed by atoms with Crippen LogP contribution in [-0.4, -0.2) is 52.6 Å². The van der Waals surface area contributed by atoms with Gasteiger partial charge in [-0.15, -0.1) is 11.6 Å². The fourth-order valence-corrected chi connectivity index (χ4v) is 7.37. The Bertz CT molecular complexity index is 894. The number of alkyl halides is 4. The van der Waals surface area contributed by atoms with E-state index < -0.39 is 12.1 Å². The van der Waals surface area contributed by atoms with E-state index in [1.54, 1.807) is 0 Å². The minimum atomic E-state index is -4.86. The molecule has 1 aromatic rings. The fraction of sp³-hybridized carbons (Fsp3) is 0.652. The number of urea groups is 1. The Balaban J connectivity index is 1.24. The summed E-state index contributed by atoms with van der Waals surface area (Å²) in [6.45, 7) is -0.0304. The molecule has 0 radical (unpaired) electrons. The van der Waals surface area contributed by atoms with Crippen molar-refractivity contribution in [3.63, 3.8) is 0 Å². The summed E-state index contributed by atoms with van der Waals surface area (Å²) in [5.74, 6) is -1.19. The first-order chi connectivity index (χ1) is 15.1. The molecule has 2 atom stereocenters. The lowest BCUT2D eigenvalue weighted by atomic mass is 9.62. The smallest absolute Gasteiger partial charge is 0.335 e. The number of nitrogens with one attached hydrogen (secondary N) is 2. The van der Waals surface area contributed by atoms with Crippen molar-refractivity contribution in [2.45, 2.75) is 79.4 Å². The van der Waals surface area contributed by atoms with Crippen LogP contribution in [0.1, 0.15) is 67.9 Å². The van der Waals surface area contributed by atoms with Gasteiger partial charge in [-0.2, -0.15) is 13.2 Å². The van der Waals surface area contributed by atoms with Crippen LogP contribution in [0.4, 0.5) is 18.0 Å². The molecule has 6 rings (SSSR count). The summed E-state index contributed by atoms with van der Waals surface area (Å²) in [5, 5.41) is 6.17. The van der Waals surface area contributed by atoms with Crippen molar-refractivity contribution >= 4 is 23.5 Å². The first kappa shape index (κ1) is 21.9. The van der Waals surface area contributed by atoms with Gasteiger partial charge in [0.05, 0.1) is 0 Å². The molecule has 3 amide bonds. The van der Waals surface area contributed by atoms with Crippen LogP contribution in [-0.2, 0) is 4.79 Å². The minimum Gasteiger partial charge on any atom is -0.335 e. The number of halogens is 4. The molecule has 4 bridgehead atoms. The van der Waals surface area contributed by atoms with Gasteiger partial charge in [0.25, 0.3) is 0 Å². The topological polar surface area (TPSA) is 61.4 Å². The molecular formula is C23H27ClF3N3O2. The maximum absolute atomic E-state index is 12.9. The van der Waals surface area contributed by atoms with Gasteiger partial charge in [-0.3, -0.25) is 4.79 Å². The average Bonchev–Trinajstić information content (AvgIpc) is 2.85. The van der Waals surface area contributed by atoms with Crippen molar-refractivity contribution in [3.05, 3.63) is 35.4 Å². The monoisotopic (exact) mass is 469 g/mol. The molecule has 1 heterocycles. The number of carbonyl (C=O) groups is 2. The zero-order chi connectivity index (χ0) is 22.7. The predicted octanol–water partition coefficient (Wildman–Crippen LogP) is 4.41. The number of amides is 3. The van der Waals surface area contributed by atoms with Gasteiger partial charge in [-0.05, 0) is 67.9 Å². The Morgan fingerprint density at radius 1 is 1.00 bits per heavy atom. The summed E-state index contributed by atoms with van der Waals surface area (Å²) in [6, 6.07) is 7.95. The van der Waals surface area contributed by atoms with Crippen LogP contribution in [0, 0.1) is 0 Å². The molecule has 1 aromatic carbocycles. The first-order valence-electron chi connectivity index (χ1n) is 11.3. The van der Waals surface area contributed by atoms with Crippen molar-refractivity contribution in [1.29, 1.82) is 0 Å². The third kappa shape index (κ3) is 3.95. The Kier molecular flexibility index (Phi) is 5.15. The molecule has 2 saturated carbocycles. The minimum absolute atomic E-state index is 0.0152. The van der Waals surface area contributed by atoms with Crippen LogP contribution in [0.3, 0.4) is 0 Å². The maximum Gasteiger partial charge on any atom is 0.471 e. The number of nitrogens with zero attached hydrogens (tertiary/aromatic N) is 1. The van der Waals surface area contributed by atoms with Gasteiger partial charge in [0.2, 0.25) is 0 Å². The molecule has 4 aliphatic carbocycles. The summed E-state index contributed by atoms with van der Waals surface area (Å²) in [4.78, 5) is 24.8. The second-order valence-electron chi connectivity index (χ2n) is 10.1. The Hall–Kier alpha value is -1.96. The molecule has 1 aliphatic heterocycles. The summed E-state index contributed by atoms with van der Waals surface area (Å²) in [7, 11) is 0. The van der Waals surface area contributed by atoms with Crippen LogP contribution in [0.2, 0.25) is 0 Å². The van der Waals surface area contributed by atoms with Crippen LogP contribution in [0.25, 0.3) is 0 Å². The van der Waals surface area contributed by atoms with Gasteiger partial charge in [0, 0.05) is 29.5 Å². The standard InChI is InChI=1S/C23H27ClF3N3O2/c24-21-9-14-11-22(13-21,12-15(10-21)18-4-2-1-3-17(14)18)29-20(32)28-16-5-7-30(8-6-16)19(31)23(25,26)27/h1-4,14-16H,5-13H2,(H2,28,29,32). The van der Waals surface area contributed by atoms with E-state index in [9.17, 15) is 22.8 Å². The van der Waals surface area contributed by atoms with Crippen molar-refractivity contribution in [2.75, 3.05) is 13.1 Å². The Morgan fingerprint density at radius 3 is 2.09 bits per heavy atom. The summed E-state index contributed by atoms with van der Waals surface area (Å²) in [5.41, 5.74) is 2.32. The van der Waals surface area contributed by atoms with E-state index in [0.29, 0.717) is 24.7 Å². The molecule has 3 fully saturated rings. The van der Waals surface area contributed by atoms with E-state index in [1.807, 2.05) is 0 Å². The lowest BCUT2D eigenvalue weighted by Gasteiger charge is -2.52. The second kappa shape index (κ2) is 7.54. The van der Waals surface area contributed by atoms with Gasteiger partial charge in [0.15, 0.2) is 0 Å². The number of hydrogen-bond donors (Lipinski definition) is 2. The van der Waals surface area contributed by atoms with E-state index >= 15 is 0 Å². The molecule has 2 N–H and O–H groups in total. The molecular weight excluding hydrogens is 443 g/mol. The van der Waals surface area contributed by atoms with Gasteiger partial charge in [-0.25, -0.2) is 4.79 Å². The van der Waals surface area contributed by atoms with Gasteiger partial charge >= 0.3 is 18.1 Å². The first-order valence-corrected chi connectivity index (χ1v) is 11.7. The number of hydrogen-bond acceptors (Lipinski definition) is 2. The van der Waals surface area contributed by atoms with Gasteiger partial charge < -0.3 is 15.5 Å². The largest absolute Gasteiger partial charge is 0.471 e. The van der Waals surface area contributed by atoms with Crippen molar-refractivity contribution < 1.29 is 22.8 Å². The van der Waals surface area contributed by atoms with E-state index in [-0.39, 0.29) is 35.6 Å². The Labute approximate surface area is 190 Å². The third-order valence-corrected chi connectivity index (χ3v) is 8.21. The number of benzene rings is 1. The van der Waals surface area contributed by atoms with Crippen molar-refractivity contribution in [3.8, 4) is 0 Å². The fourth-order valence-electron chi connectivity index (χ4n) is 6.74. The number of likely N-dealkylation sites (tertiary alicyclic amines) is 1. The second-order valence-corrected chi connectivity index (χ2v) is 10.9. The third-order valence-electron chi connectivity index (χ3n) is 7.77. The lowest BCUT2D eigenvalue weighted by Crippen LogP contribution is -2.62. The summed E-state index contributed by atoms with van der Waals surface area (Å²) < 4.78 is 37.9. The number of rotatable bonds is 2. The quantitative estimate of drug-likeness (QED) is 0.630. The predicted molar refractivity (Wildman–Crippen MR) is 114 cm³/mol. The molecule has 5 aliphatic rings. The molecule has 5 nitrogen and oxygen atoms in total. The molecule has 174 valence electrons. The molecule has 32 heavy (non-hydrogen) atoms. The SMILES string of the molecule is O=C(NC1CCN(C(=O)C(F)(F)F)CC1)NC12CC3CC(Cl)(CC(C1)c1ccccc13)C2. The van der Waals surface area contributed by atoms with E-state index in [2.05, 4.69) is 34.9 Å². The van der Waals surface area contributed by atoms with Crippen LogP contribution < -0.4 is 10.6 Å². The summed E-state index contributed by atoms with van der Waals surface area (Å²) >= 11 is 7.07. The zero-order valence-corrected chi connectivity index (χ0v) is 18.4. The molecule has 0 aromatic heterocycles. The zero-order valence-electron chi connectivity index (χ0n) is 17.7.